The molecule has 0 unspecified atom stereocenters. The maximum atomic E-state index is 12.1. The van der Waals surface area contributed by atoms with E-state index in [1.165, 1.54) is 133 Å². The molecule has 18 rings (SSSR count). The van der Waals surface area contributed by atoms with Gasteiger partial charge in [-0.1, -0.05) is 53.4 Å². The second-order valence-corrected chi connectivity index (χ2v) is 44.1. The van der Waals surface area contributed by atoms with Crippen molar-refractivity contribution in [2.75, 3.05) is 166 Å². The molecule has 2 saturated carbocycles. The molecule has 0 bridgehead atoms. The van der Waals surface area contributed by atoms with Crippen molar-refractivity contribution >= 4 is 131 Å². The van der Waals surface area contributed by atoms with Crippen LogP contribution >= 0.6 is 0 Å². The first-order chi connectivity index (χ1) is 57.6. The number of nitrogens with zero attached hydrogens (tertiary/aromatic N) is 16. The van der Waals surface area contributed by atoms with Crippen LogP contribution in [0.25, 0.3) is 54.5 Å². The zero-order valence-corrected chi connectivity index (χ0v) is 77.4. The van der Waals surface area contributed by atoms with Gasteiger partial charge in [-0.25, -0.2) is 25.3 Å². The third-order valence-electron chi connectivity index (χ3n) is 26.6. The largest absolute Gasteiger partial charge is 0.371 e. The smallest absolute Gasteiger partial charge is 0.220 e. The number of carbonyl (C=O) groups excluding carboxylic acids is 2. The first-order valence-electron chi connectivity index (χ1n) is 43.9. The lowest BCUT2D eigenvalue weighted by atomic mass is 9.94. The van der Waals surface area contributed by atoms with E-state index in [9.17, 15) is 34.8 Å². The molecule has 32 heteroatoms. The van der Waals surface area contributed by atoms with Crippen LogP contribution in [0, 0.1) is 0 Å². The van der Waals surface area contributed by atoms with Crippen LogP contribution in [0.2, 0.25) is 0 Å². The Morgan fingerprint density at radius 1 is 0.344 bits per heavy atom. The topological polar surface area (TPSA) is 316 Å². The van der Waals surface area contributed by atoms with Gasteiger partial charge in [-0.05, 0) is 201 Å². The number of rotatable bonds is 13. The Labute approximate surface area is 721 Å². The summed E-state index contributed by atoms with van der Waals surface area (Å²) in [5.74, 6) is 2.51. The second kappa shape index (κ2) is 35.5. The van der Waals surface area contributed by atoms with Crippen LogP contribution < -0.4 is 29.4 Å². The molecule has 5 N–H and O–H groups in total. The molecule has 11 heterocycles. The van der Waals surface area contributed by atoms with Gasteiger partial charge in [0, 0.05) is 204 Å². The predicted octanol–water partition coefficient (Wildman–Crippen LogP) is 13.7. The number of hydrogen-bond donors (Lipinski definition) is 5. The molecule has 10 aromatic rings. The fourth-order valence-corrected chi connectivity index (χ4v) is 24.0. The van der Waals surface area contributed by atoms with Gasteiger partial charge in [0.15, 0.2) is 0 Å². The molecule has 0 spiro atoms. The number of carbonyl (C=O) groups is 2. The Hall–Kier alpha value is -9.08. The summed E-state index contributed by atoms with van der Waals surface area (Å²) >= 11 is 0. The first-order valence-corrected chi connectivity index (χ1v) is 49.5. The normalized spacial score (nSPS) is 20.3. The molecule has 6 saturated heterocycles. The Bertz CT molecular complexity index is 5740. The number of piperazine rings is 5. The van der Waals surface area contributed by atoms with E-state index >= 15 is 0 Å². The molecule has 662 valence electrons. The second-order valence-electron chi connectivity index (χ2n) is 38.3. The number of fused-ring (bicyclic) bond motifs is 5. The molecule has 122 heavy (non-hydrogen) atoms. The minimum Gasteiger partial charge on any atom is -0.371 e. The highest BCUT2D eigenvalue weighted by atomic mass is 32.2. The molecule has 0 atom stereocenters. The maximum absolute atomic E-state index is 12.1. The number of aromatic nitrogens is 10. The fourth-order valence-electron chi connectivity index (χ4n) is 20.4. The van der Waals surface area contributed by atoms with E-state index in [-0.39, 0.29) is 22.9 Å². The van der Waals surface area contributed by atoms with Crippen molar-refractivity contribution in [3.63, 3.8) is 0 Å². The van der Waals surface area contributed by atoms with E-state index in [0.29, 0.717) is 89.1 Å². The van der Waals surface area contributed by atoms with Crippen LogP contribution in [0.1, 0.15) is 207 Å². The third kappa shape index (κ3) is 19.5. The number of benzene rings is 5. The molecule has 8 fully saturated rings. The van der Waals surface area contributed by atoms with Gasteiger partial charge in [-0.15, -0.1) is 0 Å². The average molecular weight is 1730 g/mol. The van der Waals surface area contributed by atoms with Crippen LogP contribution in [-0.2, 0) is 39.7 Å². The van der Waals surface area contributed by atoms with Crippen LogP contribution in [0.3, 0.4) is 0 Å². The molecule has 2 amide bonds. The van der Waals surface area contributed by atoms with E-state index < -0.39 is 41.1 Å². The Morgan fingerprint density at radius 2 is 0.648 bits per heavy atom. The third-order valence-corrected chi connectivity index (χ3v) is 30.9. The minimum absolute atomic E-state index is 0.152. The van der Waals surface area contributed by atoms with Crippen molar-refractivity contribution in [3.8, 4) is 0 Å². The van der Waals surface area contributed by atoms with Crippen molar-refractivity contribution in [2.45, 2.75) is 207 Å². The van der Waals surface area contributed by atoms with E-state index in [1.54, 1.807) is 26.8 Å². The Morgan fingerprint density at radius 3 is 0.959 bits per heavy atom. The highest BCUT2D eigenvalue weighted by Gasteiger charge is 2.43. The zero-order chi connectivity index (χ0) is 87.3. The van der Waals surface area contributed by atoms with Crippen molar-refractivity contribution in [2.24, 2.45) is 0 Å². The van der Waals surface area contributed by atoms with Crippen molar-refractivity contribution in [3.05, 3.63) is 114 Å². The van der Waals surface area contributed by atoms with E-state index in [4.69, 9.17) is 0 Å². The summed E-state index contributed by atoms with van der Waals surface area (Å²) in [4.78, 5) is 41.9. The van der Waals surface area contributed by atoms with Crippen LogP contribution in [0.15, 0.2) is 91.6 Å². The summed E-state index contributed by atoms with van der Waals surface area (Å²) < 4.78 is 76.6. The average Bonchev–Trinajstić information content (AvgIpc) is 1.20. The maximum Gasteiger partial charge on any atom is 0.220 e. The lowest BCUT2D eigenvalue weighted by Crippen LogP contribution is -2.60. The van der Waals surface area contributed by atoms with Gasteiger partial charge in [0.2, 0.25) is 41.9 Å². The van der Waals surface area contributed by atoms with Crippen LogP contribution in [0.5, 0.6) is 0 Å². The number of amides is 2. The summed E-state index contributed by atoms with van der Waals surface area (Å²) in [7, 11) is -9.51. The quantitative estimate of drug-likeness (QED) is 0.0716. The minimum atomic E-state index is -3.20. The molecule has 5 aromatic heterocycles. The van der Waals surface area contributed by atoms with E-state index in [1.807, 2.05) is 68.5 Å². The number of hydrogen-bond acceptors (Lipinski definition) is 19. The van der Waals surface area contributed by atoms with Crippen LogP contribution in [0.4, 0.5) is 34.1 Å². The van der Waals surface area contributed by atoms with Gasteiger partial charge in [-0.2, -0.15) is 38.4 Å². The van der Waals surface area contributed by atoms with Gasteiger partial charge in [0.05, 0.1) is 88.4 Å². The molecule has 29 nitrogen and oxygen atoms in total. The molecule has 2 aliphatic carbocycles. The summed E-state index contributed by atoms with van der Waals surface area (Å²) in [6, 6.07) is 22.5. The summed E-state index contributed by atoms with van der Waals surface area (Å²) in [5.41, 5.74) is 16.7. The highest BCUT2D eigenvalue weighted by molar-refractivity contribution is 7.88. The SMILES string of the molecule is CC(=O)N1CCN(c2cc(C(C)C)cc3[nH]ncc23)CC1(C)C.CC(=O)N1CCN(c2cc(C3CCCC3)cc3[nH]ncc23)CC1(C)C.CC(C)c1cc(N2CCN(S(C)(=O)=O)C(C)(C)C2)c2cn[nH]c2c1.CC1(C)CN(c2cc(C3CCCC3)cc3[nH]ncc23)CCN1S(C)(=O)=O.CS(=O)(=O)N1CCN(c2cc(N3CCCC3)cc3[nH]ncc23)CC1. The molecule has 5 aromatic carbocycles. The lowest BCUT2D eigenvalue weighted by Gasteiger charge is -2.47. The van der Waals surface area contributed by atoms with Crippen LogP contribution in [-0.4, -0.2) is 269 Å². The molecule has 8 aliphatic rings. The molecule has 6 aliphatic heterocycles. The number of H-pyrrole nitrogens is 5. The Kier molecular flexibility index (Phi) is 26.0. The number of nitrogens with one attached hydrogen (secondary N) is 5. The van der Waals surface area contributed by atoms with Crippen molar-refractivity contribution in [1.82, 2.24) is 73.7 Å². The lowest BCUT2D eigenvalue weighted by molar-refractivity contribution is -0.135. The Balaban J connectivity index is 0.000000125. The van der Waals surface area contributed by atoms with E-state index in [2.05, 4.69) is 196 Å². The molecular weight excluding hydrogens is 1600 g/mol. The van der Waals surface area contributed by atoms with Gasteiger partial charge in [0.25, 0.3) is 0 Å². The fraction of sp³-hybridized carbons (Fsp3) is 0.589. The first kappa shape index (κ1) is 89.2. The van der Waals surface area contributed by atoms with Crippen molar-refractivity contribution < 1.29 is 34.8 Å². The number of anilines is 6. The number of sulfonamides is 3. The monoisotopic (exact) mass is 1730 g/mol. The predicted molar refractivity (Wildman–Crippen MR) is 494 cm³/mol. The summed E-state index contributed by atoms with van der Waals surface area (Å²) in [6.07, 6.45) is 26.2. The molecular formula is C90H131N21O8S3. The number of aromatic amines is 5. The van der Waals surface area contributed by atoms with Crippen molar-refractivity contribution in [1.29, 1.82) is 0 Å². The van der Waals surface area contributed by atoms with Gasteiger partial charge >= 0.3 is 0 Å². The van der Waals surface area contributed by atoms with Gasteiger partial charge < -0.3 is 39.2 Å². The van der Waals surface area contributed by atoms with E-state index in [0.717, 1.165) is 113 Å². The van der Waals surface area contributed by atoms with Gasteiger partial charge in [-0.3, -0.25) is 35.1 Å². The highest BCUT2D eigenvalue weighted by Crippen LogP contribution is 2.44. The summed E-state index contributed by atoms with van der Waals surface area (Å²) in [5, 5.41) is 42.4. The summed E-state index contributed by atoms with van der Waals surface area (Å²) in [6.45, 7) is 42.0. The molecule has 0 radical (unpaired) electrons. The zero-order valence-electron chi connectivity index (χ0n) is 74.9. The van der Waals surface area contributed by atoms with Gasteiger partial charge in [0.1, 0.15) is 0 Å². The standard InChI is InChI=1S/C20H28N4O.C19H28N4O2S.C18H26N4O.C17H26N4O2S.C16H23N5O2S/c1-14(25)24-9-8-23(13-20(24,2)3)19-11-16(15-6-4-5-7-15)10-18-17(19)12-21-22-18;1-19(2)13-22(8-9-23(19)26(3,24)25)18-11-15(14-6-4-5-7-14)10-17-16(18)12-20-21-17;1-12(2)14-8-16-15(10-19-20-16)17(9-14)21-6-7-22(13(3)23)18(4,5)11-21;1-12(2)13-8-15-14(10-18-19-15)16(9-13)20-6-7-21(24(5,22)23)17(3,4)11-20;1-24(22,23)21-8-6-20(7-9-21)16-11-13(19-4-2-3-5-19)10-15-14(16)12-17-18-15/h10-12,15H,4-9,13H2,1-3H3,(H,21,22);10-12,14H,4-9,13H2,1-3H3,(H,20,21);8-10,12H,6-7,11H2,1-5H3,(H,19,20);8-10,12H,6-7,11H2,1-5H3,(H,18,19);10-12H,2-9H2,1H3,(H,17,18).